The van der Waals surface area contributed by atoms with Crippen LogP contribution in [0.3, 0.4) is 0 Å². The summed E-state index contributed by atoms with van der Waals surface area (Å²) >= 11 is 1.54. The van der Waals surface area contributed by atoms with Crippen LogP contribution >= 0.6 is 11.3 Å². The normalized spacial score (nSPS) is 17.5. The fourth-order valence-corrected chi connectivity index (χ4v) is 5.13. The van der Waals surface area contributed by atoms with Gasteiger partial charge in [-0.25, -0.2) is 13.1 Å². The van der Waals surface area contributed by atoms with Crippen LogP contribution < -0.4 is 10.0 Å². The summed E-state index contributed by atoms with van der Waals surface area (Å²) in [5.74, 6) is 0. The molecule has 0 aliphatic carbocycles. The monoisotopic (exact) mass is 318 g/mol. The number of rotatable bonds is 6. The first kappa shape index (κ1) is 15.9. The molecular weight excluding hydrogens is 296 g/mol. The van der Waals surface area contributed by atoms with E-state index in [-0.39, 0.29) is 6.04 Å². The van der Waals surface area contributed by atoms with Crippen LogP contribution in [0.1, 0.15) is 29.5 Å². The summed E-state index contributed by atoms with van der Waals surface area (Å²) in [4.78, 5) is 2.32. The Bertz CT molecular complexity index is 534. The number of nitrogens with one attached hydrogen (secondary N) is 2. The maximum Gasteiger partial charge on any atom is 0.241 e. The van der Waals surface area contributed by atoms with Crippen LogP contribution in [0.2, 0.25) is 0 Å². The van der Waals surface area contributed by atoms with E-state index in [1.54, 1.807) is 6.07 Å². The number of ether oxygens (including phenoxy) is 1. The van der Waals surface area contributed by atoms with Crippen molar-refractivity contribution in [3.8, 4) is 0 Å². The van der Waals surface area contributed by atoms with Gasteiger partial charge in [0.15, 0.2) is 0 Å². The fraction of sp³-hybridized carbons (Fsp3) is 0.692. The van der Waals surface area contributed by atoms with E-state index < -0.39 is 10.0 Å². The Morgan fingerprint density at radius 3 is 2.75 bits per heavy atom. The molecule has 20 heavy (non-hydrogen) atoms. The van der Waals surface area contributed by atoms with Crippen molar-refractivity contribution >= 4 is 21.4 Å². The minimum absolute atomic E-state index is 0.00901. The smallest absolute Gasteiger partial charge is 0.241 e. The fourth-order valence-electron chi connectivity index (χ4n) is 2.22. The van der Waals surface area contributed by atoms with Crippen LogP contribution in [0, 0.1) is 6.92 Å². The van der Waals surface area contributed by atoms with E-state index in [0.717, 1.165) is 35.7 Å². The van der Waals surface area contributed by atoms with Gasteiger partial charge in [0.1, 0.15) is 0 Å². The Hall–Kier alpha value is -0.470. The van der Waals surface area contributed by atoms with E-state index in [4.69, 9.17) is 4.74 Å². The summed E-state index contributed by atoms with van der Waals surface area (Å²) in [6, 6.07) is 1.77. The summed E-state index contributed by atoms with van der Waals surface area (Å²) in [6.07, 6.45) is 1.49. The molecule has 0 unspecified atom stereocenters. The minimum atomic E-state index is -3.42. The lowest BCUT2D eigenvalue weighted by Gasteiger charge is -2.22. The molecule has 7 heteroatoms. The molecule has 0 bridgehead atoms. The van der Waals surface area contributed by atoms with Crippen LogP contribution in [0.5, 0.6) is 0 Å². The third kappa shape index (κ3) is 4.02. The average Bonchev–Trinajstić information content (AvgIpc) is 2.79. The van der Waals surface area contributed by atoms with Gasteiger partial charge in [-0.3, -0.25) is 0 Å². The predicted octanol–water partition coefficient (Wildman–Crippen LogP) is 1.62. The zero-order valence-corrected chi connectivity index (χ0v) is 13.6. The van der Waals surface area contributed by atoms with E-state index in [1.807, 2.05) is 13.8 Å². The summed E-state index contributed by atoms with van der Waals surface area (Å²) in [5.41, 5.74) is 0. The van der Waals surface area contributed by atoms with Gasteiger partial charge in [0.2, 0.25) is 10.0 Å². The van der Waals surface area contributed by atoms with Crippen molar-refractivity contribution in [3.05, 3.63) is 15.8 Å². The molecule has 1 aliphatic heterocycles. The summed E-state index contributed by atoms with van der Waals surface area (Å²) in [7, 11) is -3.42. The maximum absolute atomic E-state index is 12.4. The molecule has 0 saturated carbocycles. The topological polar surface area (TPSA) is 67.4 Å². The van der Waals surface area contributed by atoms with Crippen LogP contribution in [-0.4, -0.2) is 34.2 Å². The highest BCUT2D eigenvalue weighted by molar-refractivity contribution is 7.89. The van der Waals surface area contributed by atoms with Crippen molar-refractivity contribution < 1.29 is 13.2 Å². The molecule has 1 saturated heterocycles. The summed E-state index contributed by atoms with van der Waals surface area (Å²) in [5, 5.41) is 3.22. The number of hydrogen-bond acceptors (Lipinski definition) is 5. The molecule has 2 rings (SSSR count). The van der Waals surface area contributed by atoms with E-state index >= 15 is 0 Å². The lowest BCUT2D eigenvalue weighted by atomic mass is 10.1. The molecule has 0 aromatic carbocycles. The molecule has 5 nitrogen and oxygen atoms in total. The van der Waals surface area contributed by atoms with Gasteiger partial charge in [-0.1, -0.05) is 6.92 Å². The Morgan fingerprint density at radius 1 is 1.40 bits per heavy atom. The second kappa shape index (κ2) is 7.00. The molecule has 114 valence electrons. The molecule has 1 aromatic rings. The number of sulfonamides is 1. The first-order chi connectivity index (χ1) is 9.53. The highest BCUT2D eigenvalue weighted by atomic mass is 32.2. The Kier molecular flexibility index (Phi) is 5.57. The largest absolute Gasteiger partial charge is 0.381 e. The highest BCUT2D eigenvalue weighted by Gasteiger charge is 2.24. The van der Waals surface area contributed by atoms with Gasteiger partial charge in [0, 0.05) is 35.6 Å². The lowest BCUT2D eigenvalue weighted by Crippen LogP contribution is -2.38. The van der Waals surface area contributed by atoms with Crippen molar-refractivity contribution in [2.45, 2.75) is 44.2 Å². The summed E-state index contributed by atoms with van der Waals surface area (Å²) < 4.78 is 32.9. The standard InChI is InChI=1S/C13H22N2O3S2/c1-3-14-9-12-8-13(10(2)19-12)20(16,17)15-11-4-6-18-7-5-11/h8,11,14-15H,3-7,9H2,1-2H3. The van der Waals surface area contributed by atoms with Crippen molar-refractivity contribution in [1.29, 1.82) is 0 Å². The van der Waals surface area contributed by atoms with E-state index in [1.165, 1.54) is 11.3 Å². The Morgan fingerprint density at radius 2 is 2.10 bits per heavy atom. The predicted molar refractivity (Wildman–Crippen MR) is 80.6 cm³/mol. The molecule has 2 N–H and O–H groups in total. The third-order valence-electron chi connectivity index (χ3n) is 3.31. The van der Waals surface area contributed by atoms with Gasteiger partial charge in [-0.05, 0) is 32.4 Å². The van der Waals surface area contributed by atoms with Gasteiger partial charge in [-0.15, -0.1) is 11.3 Å². The second-order valence-electron chi connectivity index (χ2n) is 4.92. The number of thiophene rings is 1. The lowest BCUT2D eigenvalue weighted by molar-refractivity contribution is 0.0832. The molecular formula is C13H22N2O3S2. The van der Waals surface area contributed by atoms with E-state index in [2.05, 4.69) is 10.0 Å². The third-order valence-corrected chi connectivity index (χ3v) is 6.13. The van der Waals surface area contributed by atoms with Gasteiger partial charge in [-0.2, -0.15) is 0 Å². The first-order valence-corrected chi connectivity index (χ1v) is 9.23. The Balaban J connectivity index is 2.09. The minimum Gasteiger partial charge on any atom is -0.381 e. The van der Waals surface area contributed by atoms with Crippen molar-refractivity contribution in [1.82, 2.24) is 10.0 Å². The molecule has 0 amide bonds. The molecule has 1 aliphatic rings. The number of hydrogen-bond donors (Lipinski definition) is 2. The zero-order valence-electron chi connectivity index (χ0n) is 11.9. The second-order valence-corrected chi connectivity index (χ2v) is 7.94. The van der Waals surface area contributed by atoms with Crippen molar-refractivity contribution in [3.63, 3.8) is 0 Å². The van der Waals surface area contributed by atoms with Crippen molar-refractivity contribution in [2.24, 2.45) is 0 Å². The van der Waals surface area contributed by atoms with Gasteiger partial charge >= 0.3 is 0 Å². The molecule has 0 spiro atoms. The summed E-state index contributed by atoms with van der Waals surface area (Å²) in [6.45, 7) is 6.74. The van der Waals surface area contributed by atoms with Crippen molar-refractivity contribution in [2.75, 3.05) is 19.8 Å². The molecule has 2 heterocycles. The quantitative estimate of drug-likeness (QED) is 0.836. The van der Waals surface area contributed by atoms with Crippen LogP contribution in [0.15, 0.2) is 11.0 Å². The van der Waals surface area contributed by atoms with Gasteiger partial charge in [0.05, 0.1) is 4.90 Å². The SMILES string of the molecule is CCNCc1cc(S(=O)(=O)NC2CCOCC2)c(C)s1. The van der Waals surface area contributed by atoms with Crippen LogP contribution in [-0.2, 0) is 21.3 Å². The average molecular weight is 318 g/mol. The zero-order chi connectivity index (χ0) is 14.6. The van der Waals surface area contributed by atoms with Crippen LogP contribution in [0.25, 0.3) is 0 Å². The maximum atomic E-state index is 12.4. The molecule has 1 aromatic heterocycles. The van der Waals surface area contributed by atoms with Crippen LogP contribution in [0.4, 0.5) is 0 Å². The van der Waals surface area contributed by atoms with E-state index in [9.17, 15) is 8.42 Å². The number of aryl methyl sites for hydroxylation is 1. The van der Waals surface area contributed by atoms with E-state index in [0.29, 0.717) is 18.1 Å². The van der Waals surface area contributed by atoms with Gasteiger partial charge < -0.3 is 10.1 Å². The van der Waals surface area contributed by atoms with Gasteiger partial charge in [0.25, 0.3) is 0 Å². The molecule has 0 atom stereocenters. The molecule has 1 fully saturated rings. The molecule has 0 radical (unpaired) electrons. The Labute approximate surface area is 124 Å². The first-order valence-electron chi connectivity index (χ1n) is 6.93. The highest BCUT2D eigenvalue weighted by Crippen LogP contribution is 2.26.